The Balaban J connectivity index is 1.80. The molecule has 33 heavy (non-hydrogen) atoms. The molecule has 7 heteroatoms. The van der Waals surface area contributed by atoms with Gasteiger partial charge in [0.1, 0.15) is 5.75 Å². The molecule has 0 bridgehead atoms. The maximum Gasteiger partial charge on any atom is 0.343 e. The highest BCUT2D eigenvalue weighted by Gasteiger charge is 2.12. The highest BCUT2D eigenvalue weighted by atomic mass is 16.5. The van der Waals surface area contributed by atoms with Crippen LogP contribution in [0.15, 0.2) is 61.2 Å². The first-order chi connectivity index (χ1) is 15.9. The van der Waals surface area contributed by atoms with Gasteiger partial charge in [0, 0.05) is 26.2 Å². The summed E-state index contributed by atoms with van der Waals surface area (Å²) in [7, 11) is 1.66. The first-order valence-electron chi connectivity index (χ1n) is 10.8. The van der Waals surface area contributed by atoms with Crippen LogP contribution >= 0.6 is 0 Å². The zero-order chi connectivity index (χ0) is 24.1. The minimum absolute atomic E-state index is 0.232. The number of ether oxygens (including phenoxy) is 4. The lowest BCUT2D eigenvalue weighted by Crippen LogP contribution is -2.11. The topological polar surface area (TPSA) is 88.1 Å². The quantitative estimate of drug-likeness (QED) is 0.252. The van der Waals surface area contributed by atoms with E-state index < -0.39 is 17.9 Å². The van der Waals surface area contributed by atoms with E-state index in [1.165, 1.54) is 0 Å². The number of benzene rings is 2. The lowest BCUT2D eigenvalue weighted by molar-refractivity contribution is -0.137. The molecule has 0 saturated heterocycles. The molecule has 0 aliphatic rings. The van der Waals surface area contributed by atoms with Crippen LogP contribution in [0.4, 0.5) is 0 Å². The summed E-state index contributed by atoms with van der Waals surface area (Å²) in [5.41, 5.74) is 1.69. The number of methoxy groups -OCH3 is 1. The molecule has 0 amide bonds. The van der Waals surface area contributed by atoms with E-state index in [1.54, 1.807) is 55.6 Å². The summed E-state index contributed by atoms with van der Waals surface area (Å²) >= 11 is 0. The van der Waals surface area contributed by atoms with Gasteiger partial charge in [0.2, 0.25) is 0 Å². The van der Waals surface area contributed by atoms with E-state index in [0.29, 0.717) is 42.4 Å². The third kappa shape index (κ3) is 9.29. The number of rotatable bonds is 13. The highest BCUT2D eigenvalue weighted by molar-refractivity contribution is 5.92. The number of carbonyl (C=O) groups is 3. The van der Waals surface area contributed by atoms with Gasteiger partial charge >= 0.3 is 17.9 Å². The van der Waals surface area contributed by atoms with Crippen LogP contribution in [0.25, 0.3) is 0 Å². The minimum atomic E-state index is -0.514. The van der Waals surface area contributed by atoms with Crippen molar-refractivity contribution in [3.05, 3.63) is 77.9 Å². The largest absolute Gasteiger partial charge is 0.462 e. The van der Waals surface area contributed by atoms with Crippen molar-refractivity contribution >= 4 is 17.9 Å². The Labute approximate surface area is 194 Å². The number of hydrogen-bond donors (Lipinski definition) is 0. The lowest BCUT2D eigenvalue weighted by atomic mass is 10.1. The third-order valence-corrected chi connectivity index (χ3v) is 4.95. The molecule has 0 aromatic heterocycles. The Morgan fingerprint density at radius 3 is 2.09 bits per heavy atom. The molecule has 0 radical (unpaired) electrons. The molecule has 2 rings (SSSR count). The van der Waals surface area contributed by atoms with Crippen molar-refractivity contribution in [1.29, 1.82) is 0 Å². The van der Waals surface area contributed by atoms with Crippen LogP contribution in [0.3, 0.4) is 0 Å². The van der Waals surface area contributed by atoms with Crippen LogP contribution < -0.4 is 4.74 Å². The summed E-state index contributed by atoms with van der Waals surface area (Å²) < 4.78 is 20.7. The van der Waals surface area contributed by atoms with E-state index in [9.17, 15) is 14.4 Å². The van der Waals surface area contributed by atoms with Crippen LogP contribution in [0, 0.1) is 5.92 Å². The maximum atomic E-state index is 12.4. The fourth-order valence-electron chi connectivity index (χ4n) is 2.86. The molecule has 0 aliphatic carbocycles. The normalized spacial score (nSPS) is 11.3. The van der Waals surface area contributed by atoms with Gasteiger partial charge in [-0.25, -0.2) is 14.4 Å². The molecule has 7 nitrogen and oxygen atoms in total. The van der Waals surface area contributed by atoms with E-state index in [2.05, 4.69) is 13.5 Å². The molecule has 2 aromatic rings. The molecule has 2 aromatic carbocycles. The average molecular weight is 455 g/mol. The predicted molar refractivity (Wildman–Crippen MR) is 123 cm³/mol. The Morgan fingerprint density at radius 2 is 1.45 bits per heavy atom. The van der Waals surface area contributed by atoms with Gasteiger partial charge in [-0.15, -0.1) is 0 Å². The second-order valence-corrected chi connectivity index (χ2v) is 7.54. The Kier molecular flexibility index (Phi) is 10.8. The zero-order valence-corrected chi connectivity index (χ0v) is 19.1. The van der Waals surface area contributed by atoms with Crippen LogP contribution in [0.1, 0.15) is 46.0 Å². The Hall–Kier alpha value is -3.45. The first-order valence-corrected chi connectivity index (χ1v) is 10.8. The minimum Gasteiger partial charge on any atom is -0.462 e. The van der Waals surface area contributed by atoms with Crippen LogP contribution in [0.2, 0.25) is 0 Å². The number of carbonyl (C=O) groups excluding carboxylic acids is 3. The summed E-state index contributed by atoms with van der Waals surface area (Å²) in [6, 6.07) is 13.1. The lowest BCUT2D eigenvalue weighted by Gasteiger charge is -2.11. The zero-order valence-electron chi connectivity index (χ0n) is 19.1. The molecule has 1 unspecified atom stereocenters. The number of esters is 3. The fourth-order valence-corrected chi connectivity index (χ4v) is 2.86. The van der Waals surface area contributed by atoms with Crippen molar-refractivity contribution in [1.82, 2.24) is 0 Å². The molecular formula is C26H30O7. The van der Waals surface area contributed by atoms with Gasteiger partial charge in [0.05, 0.1) is 24.3 Å². The molecule has 0 aliphatic heterocycles. The smallest absolute Gasteiger partial charge is 0.343 e. The molecule has 0 spiro atoms. The van der Waals surface area contributed by atoms with Crippen molar-refractivity contribution in [3.8, 4) is 5.75 Å². The maximum absolute atomic E-state index is 12.4. The molecule has 0 heterocycles. The van der Waals surface area contributed by atoms with Gasteiger partial charge in [-0.05, 0) is 60.7 Å². The van der Waals surface area contributed by atoms with E-state index in [-0.39, 0.29) is 6.61 Å². The van der Waals surface area contributed by atoms with Crippen molar-refractivity contribution in [3.63, 3.8) is 0 Å². The van der Waals surface area contributed by atoms with Crippen molar-refractivity contribution in [2.75, 3.05) is 26.9 Å². The summed E-state index contributed by atoms with van der Waals surface area (Å²) in [6.07, 6.45) is 3.32. The summed E-state index contributed by atoms with van der Waals surface area (Å²) in [5, 5.41) is 0. The standard InChI is InChI=1S/C26H30O7/c1-4-24(27)31-18-15-20-5-7-22(8-6-20)26(29)33-23-11-9-21(10-12-23)25(28)32-17-14-19(2)13-16-30-3/h4-12,19H,1,13-18H2,2-3H3. The van der Waals surface area contributed by atoms with Gasteiger partial charge in [0.25, 0.3) is 0 Å². The van der Waals surface area contributed by atoms with Gasteiger partial charge in [-0.2, -0.15) is 0 Å². The predicted octanol–water partition coefficient (Wildman–Crippen LogP) is 4.40. The molecule has 0 N–H and O–H groups in total. The third-order valence-electron chi connectivity index (χ3n) is 4.95. The van der Waals surface area contributed by atoms with E-state index in [0.717, 1.165) is 24.5 Å². The summed E-state index contributed by atoms with van der Waals surface area (Å²) in [4.78, 5) is 35.6. The van der Waals surface area contributed by atoms with Crippen LogP contribution in [0.5, 0.6) is 5.75 Å². The van der Waals surface area contributed by atoms with E-state index in [1.807, 2.05) is 0 Å². The molecule has 0 saturated carbocycles. The van der Waals surface area contributed by atoms with Crippen molar-refractivity contribution < 1.29 is 33.3 Å². The molecule has 176 valence electrons. The Bertz CT molecular complexity index is 917. The summed E-state index contributed by atoms with van der Waals surface area (Å²) in [5.74, 6) is -0.670. The summed E-state index contributed by atoms with van der Waals surface area (Å²) in [6.45, 7) is 6.69. The van der Waals surface area contributed by atoms with Crippen molar-refractivity contribution in [2.45, 2.75) is 26.2 Å². The molecule has 1 atom stereocenters. The number of hydrogen-bond acceptors (Lipinski definition) is 7. The SMILES string of the molecule is C=CC(=O)OCCc1ccc(C(=O)Oc2ccc(C(=O)OCCC(C)CCOC)cc2)cc1. The Morgan fingerprint density at radius 1 is 0.848 bits per heavy atom. The van der Waals surface area contributed by atoms with Gasteiger partial charge in [-0.3, -0.25) is 0 Å². The van der Waals surface area contributed by atoms with Gasteiger partial charge in [-0.1, -0.05) is 25.6 Å². The first kappa shape index (κ1) is 25.8. The van der Waals surface area contributed by atoms with Crippen molar-refractivity contribution in [2.24, 2.45) is 5.92 Å². The van der Waals surface area contributed by atoms with E-state index in [4.69, 9.17) is 18.9 Å². The highest BCUT2D eigenvalue weighted by Crippen LogP contribution is 2.16. The van der Waals surface area contributed by atoms with Crippen LogP contribution in [-0.2, 0) is 25.4 Å². The fraction of sp³-hybridized carbons (Fsp3) is 0.346. The molecule has 0 fully saturated rings. The van der Waals surface area contributed by atoms with Gasteiger partial charge < -0.3 is 18.9 Å². The second kappa shape index (κ2) is 13.9. The average Bonchev–Trinajstić information content (AvgIpc) is 2.83. The monoisotopic (exact) mass is 454 g/mol. The van der Waals surface area contributed by atoms with Crippen LogP contribution in [-0.4, -0.2) is 44.8 Å². The van der Waals surface area contributed by atoms with Gasteiger partial charge in [0.15, 0.2) is 0 Å². The molecular weight excluding hydrogens is 424 g/mol. The van der Waals surface area contributed by atoms with E-state index >= 15 is 0 Å². The second-order valence-electron chi connectivity index (χ2n) is 7.54.